The molecule has 0 spiro atoms. The van der Waals surface area contributed by atoms with Crippen molar-refractivity contribution in [3.63, 3.8) is 0 Å². The predicted octanol–water partition coefficient (Wildman–Crippen LogP) is -1.52. The number of terminal acetylenes is 2. The molecule has 6 atom stereocenters. The molecule has 0 radical (unpaired) electrons. The van der Waals surface area contributed by atoms with Crippen LogP contribution in [0.4, 0.5) is 20.4 Å². The number of carboxylic acids is 1. The molecule has 4 aromatic rings. The van der Waals surface area contributed by atoms with Gasteiger partial charge in [0.2, 0.25) is 0 Å². The Labute approximate surface area is 244 Å². The Hall–Kier alpha value is -5.05. The van der Waals surface area contributed by atoms with E-state index in [0.717, 1.165) is 21.8 Å². The second kappa shape index (κ2) is 10.7. The second-order valence-corrected chi connectivity index (χ2v) is 8.86. The van der Waals surface area contributed by atoms with E-state index in [9.17, 15) is 34.0 Å². The third-order valence-electron chi connectivity index (χ3n) is 6.41. The van der Waals surface area contributed by atoms with Crippen molar-refractivity contribution in [1.29, 1.82) is 0 Å². The lowest BCUT2D eigenvalue weighted by atomic mass is 9.98. The van der Waals surface area contributed by atoms with Gasteiger partial charge >= 0.3 is 18.1 Å². The van der Waals surface area contributed by atoms with Crippen LogP contribution in [0.1, 0.15) is 30.7 Å². The van der Waals surface area contributed by atoms with Gasteiger partial charge in [-0.25, -0.2) is 14.8 Å². The van der Waals surface area contributed by atoms with Gasteiger partial charge in [0.15, 0.2) is 39.6 Å². The number of aliphatic hydroxyl groups is 3. The summed E-state index contributed by atoms with van der Waals surface area (Å²) in [4.78, 5) is 32.7. The highest BCUT2D eigenvalue weighted by Crippen LogP contribution is 2.39. The Morgan fingerprint density at radius 3 is 1.86 bits per heavy atom. The molecule has 224 valence electrons. The molecule has 0 amide bonds. The fraction of sp³-hybridized carbons (Fsp3) is 0.375. The molecule has 4 aromatic heterocycles. The Morgan fingerprint density at radius 1 is 0.977 bits per heavy atom. The summed E-state index contributed by atoms with van der Waals surface area (Å²) in [6.07, 6.45) is -2.07. The number of rotatable bonds is 4. The second-order valence-electron chi connectivity index (χ2n) is 8.86. The largest absolute Gasteiger partial charge is 0.478 e. The number of carboxylic acid groups (broad SMARTS) is 1. The summed E-state index contributed by atoms with van der Waals surface area (Å²) in [7, 11) is 0. The van der Waals surface area contributed by atoms with Crippen molar-refractivity contribution in [2.75, 3.05) is 18.1 Å². The minimum atomic E-state index is -2.64. The van der Waals surface area contributed by atoms with Gasteiger partial charge in [-0.15, -0.1) is 12.8 Å². The standard InChI is InChI=1S/C12H10FN5O4.C12H12FN5O3/c1-2-12(10(20)21)5(19)3-6(22-12)18-4-15-7-8(14)16-11(13)17-9(7)18;1-2-12(4-19)6(20)3-7(21-12)18-5-15-8-9(14)16-11(13)17-10(8)18/h1,4-6,19H,3H2,(H,20,21)(H2,14,16,17);1,5-7,19-20H,3-4H2,(H2,14,16,17)/t5-,6+,12-;6-,7+,12+/m00/s1/i2*3D2. The summed E-state index contributed by atoms with van der Waals surface area (Å²) >= 11 is 0. The minimum Gasteiger partial charge on any atom is -0.478 e. The Bertz CT molecular complexity index is 2000. The molecule has 0 aliphatic carbocycles. The quantitative estimate of drug-likeness (QED) is 0.114. The number of nitrogen functional groups attached to an aromatic ring is 2. The fourth-order valence-electron chi connectivity index (χ4n) is 4.16. The molecular weight excluding hydrogens is 578 g/mol. The molecule has 2 aliphatic heterocycles. The summed E-state index contributed by atoms with van der Waals surface area (Å²) in [5, 5.41) is 38.9. The number of aliphatic carboxylic acids is 1. The topological polar surface area (TPSA) is 256 Å². The van der Waals surface area contributed by atoms with Crippen LogP contribution in [0.3, 0.4) is 0 Å². The smallest absolute Gasteiger partial charge is 0.351 e. The van der Waals surface area contributed by atoms with Gasteiger partial charge in [0.25, 0.3) is 5.60 Å². The van der Waals surface area contributed by atoms with Crippen molar-refractivity contribution in [3.05, 3.63) is 24.8 Å². The van der Waals surface area contributed by atoms with Gasteiger partial charge in [0, 0.05) is 18.2 Å². The SMILES string of the molecule is [2H]C1([2H])[C@H](n2cnc3c(N)nc(F)nc32)O[C@](C#C)(C(=O)O)[C@H]1O.[2H]C1([2H])[C@H](n2cnc3c(N)nc(F)nc32)O[C@](C#C)(CO)[C@H]1O. The number of anilines is 2. The van der Waals surface area contributed by atoms with E-state index in [1.54, 1.807) is 5.92 Å². The molecule has 0 aromatic carbocycles. The molecule has 0 bridgehead atoms. The monoisotopic (exact) mass is 604 g/mol. The molecule has 0 saturated carbocycles. The van der Waals surface area contributed by atoms with Gasteiger partial charge in [0.05, 0.1) is 19.3 Å². The number of nitrogens with two attached hydrogens (primary N) is 2. The first kappa shape index (κ1) is 24.5. The van der Waals surface area contributed by atoms with E-state index >= 15 is 0 Å². The van der Waals surface area contributed by atoms with Crippen molar-refractivity contribution >= 4 is 39.9 Å². The number of imidazole rings is 2. The molecule has 43 heavy (non-hydrogen) atoms. The first-order valence-corrected chi connectivity index (χ1v) is 11.7. The molecule has 8 N–H and O–H groups in total. The van der Waals surface area contributed by atoms with Crippen LogP contribution in [0, 0.1) is 36.8 Å². The number of hydrogen-bond donors (Lipinski definition) is 6. The molecular formula is C24H22F2N10O7. The number of nitrogens with zero attached hydrogens (tertiary/aromatic N) is 8. The van der Waals surface area contributed by atoms with Crippen LogP contribution in [0.25, 0.3) is 22.3 Å². The van der Waals surface area contributed by atoms with E-state index in [1.807, 2.05) is 0 Å². The lowest BCUT2D eigenvalue weighted by Gasteiger charge is -2.23. The summed E-state index contributed by atoms with van der Waals surface area (Å²) in [5.74, 6) is 1.57. The van der Waals surface area contributed by atoms with Crippen LogP contribution in [-0.4, -0.2) is 95.5 Å². The number of carbonyl (C=O) groups is 1. The lowest BCUT2D eigenvalue weighted by molar-refractivity contribution is -0.165. The molecule has 2 aliphatic rings. The van der Waals surface area contributed by atoms with Crippen LogP contribution >= 0.6 is 0 Å². The van der Waals surface area contributed by atoms with Gasteiger partial charge in [0.1, 0.15) is 24.7 Å². The third kappa shape index (κ3) is 4.70. The van der Waals surface area contributed by atoms with Crippen LogP contribution in [0.15, 0.2) is 12.7 Å². The van der Waals surface area contributed by atoms with Gasteiger partial charge < -0.3 is 41.4 Å². The van der Waals surface area contributed by atoms with E-state index in [0.29, 0.717) is 0 Å². The zero-order chi connectivity index (χ0) is 34.9. The van der Waals surface area contributed by atoms with E-state index in [1.165, 1.54) is 0 Å². The molecule has 17 nitrogen and oxygen atoms in total. The molecule has 2 fully saturated rings. The first-order chi connectivity index (χ1) is 21.9. The highest BCUT2D eigenvalue weighted by molar-refractivity contribution is 5.84. The van der Waals surface area contributed by atoms with E-state index < -0.39 is 73.3 Å². The van der Waals surface area contributed by atoms with Crippen molar-refractivity contribution in [2.45, 2.75) is 48.6 Å². The summed E-state index contributed by atoms with van der Waals surface area (Å²) in [5.41, 5.74) is 6.14. The Kier molecular flexibility index (Phi) is 6.08. The predicted molar refractivity (Wildman–Crippen MR) is 139 cm³/mol. The van der Waals surface area contributed by atoms with Crippen molar-refractivity contribution in [1.82, 2.24) is 39.0 Å². The molecule has 6 heterocycles. The van der Waals surface area contributed by atoms with Crippen LogP contribution in [0.5, 0.6) is 0 Å². The van der Waals surface area contributed by atoms with Gasteiger partial charge in [-0.2, -0.15) is 28.7 Å². The molecule has 2 saturated heterocycles. The third-order valence-corrected chi connectivity index (χ3v) is 6.41. The average Bonchev–Trinajstić information content (AvgIpc) is 3.71. The number of halogens is 2. The van der Waals surface area contributed by atoms with Gasteiger partial charge in [-0.3, -0.25) is 9.13 Å². The number of ether oxygens (including phenoxy) is 2. The van der Waals surface area contributed by atoms with Gasteiger partial charge in [-0.05, 0) is 0 Å². The lowest BCUT2D eigenvalue weighted by Crippen LogP contribution is -2.45. The molecule has 0 unspecified atom stereocenters. The molecule has 6 rings (SSSR count). The van der Waals surface area contributed by atoms with Gasteiger partial charge in [-0.1, -0.05) is 11.8 Å². The number of aromatic nitrogens is 8. The van der Waals surface area contributed by atoms with Crippen LogP contribution in [-0.2, 0) is 14.3 Å². The fourth-order valence-corrected chi connectivity index (χ4v) is 4.16. The highest BCUT2D eigenvalue weighted by Gasteiger charge is 2.54. The minimum absolute atomic E-state index is 0.0428. The zero-order valence-electron chi connectivity index (χ0n) is 25.3. The number of aliphatic hydroxyl groups excluding tert-OH is 3. The Balaban J connectivity index is 0.000000185. The maximum absolute atomic E-state index is 13.4. The average molecular weight is 605 g/mol. The van der Waals surface area contributed by atoms with E-state index in [4.69, 9.17) is 39.3 Å². The maximum atomic E-state index is 13.4. The molecule has 19 heteroatoms. The summed E-state index contributed by atoms with van der Waals surface area (Å²) < 4.78 is 71.3. The van der Waals surface area contributed by atoms with E-state index in [-0.39, 0.29) is 34.0 Å². The normalized spacial score (nSPS) is 32.1. The number of hydrogen-bond acceptors (Lipinski definition) is 14. The first-order valence-electron chi connectivity index (χ1n) is 13.7. The highest BCUT2D eigenvalue weighted by atomic mass is 19.1. The van der Waals surface area contributed by atoms with Crippen molar-refractivity contribution < 1.29 is 49.0 Å². The zero-order valence-corrected chi connectivity index (χ0v) is 21.3. The maximum Gasteiger partial charge on any atom is 0.351 e. The Morgan fingerprint density at radius 2 is 1.47 bits per heavy atom. The van der Waals surface area contributed by atoms with Crippen LogP contribution < -0.4 is 11.5 Å². The number of fused-ring (bicyclic) bond motifs is 2. The van der Waals surface area contributed by atoms with Crippen molar-refractivity contribution in [3.8, 4) is 24.7 Å². The van der Waals surface area contributed by atoms with Crippen LogP contribution in [0.2, 0.25) is 0 Å². The summed E-state index contributed by atoms with van der Waals surface area (Å²) in [6.45, 7) is -0.807. The van der Waals surface area contributed by atoms with E-state index in [2.05, 4.69) is 35.8 Å². The van der Waals surface area contributed by atoms with Crippen molar-refractivity contribution in [2.24, 2.45) is 0 Å². The summed E-state index contributed by atoms with van der Waals surface area (Å²) in [6, 6.07) is 0.